The molecule has 9 heteroatoms. The van der Waals surface area contributed by atoms with Crippen LogP contribution < -0.4 is 14.4 Å². The van der Waals surface area contributed by atoms with Gasteiger partial charge in [-0.25, -0.2) is 0 Å². The van der Waals surface area contributed by atoms with E-state index in [0.717, 1.165) is 11.1 Å². The fraction of sp³-hybridized carbons (Fsp3) is 0.120. The number of thioether (sulfide) groups is 1. The smallest absolute Gasteiger partial charge is 0.270 e. The van der Waals surface area contributed by atoms with Crippen molar-refractivity contribution in [2.45, 2.75) is 13.5 Å². The Bertz CT molecular complexity index is 1260. The summed E-state index contributed by atoms with van der Waals surface area (Å²) in [6.45, 7) is 2.72. The van der Waals surface area contributed by atoms with Gasteiger partial charge in [-0.15, -0.1) is 0 Å². The largest absolute Gasteiger partial charge is 0.490 e. The van der Waals surface area contributed by atoms with Crippen LogP contribution in [-0.2, 0) is 11.4 Å². The fourth-order valence-electron chi connectivity index (χ4n) is 3.24. The Morgan fingerprint density at radius 3 is 2.32 bits per heavy atom. The van der Waals surface area contributed by atoms with E-state index in [9.17, 15) is 4.79 Å². The molecule has 0 saturated carbocycles. The third-order valence-corrected chi connectivity index (χ3v) is 7.20. The number of thiocarbonyl (C=S) groups is 1. The zero-order valence-electron chi connectivity index (χ0n) is 17.9. The summed E-state index contributed by atoms with van der Waals surface area (Å²) in [6, 6.07) is 18.2. The first-order valence-corrected chi connectivity index (χ1v) is 13.0. The number of nitrogens with zero attached hydrogens (tertiary/aromatic N) is 1. The van der Waals surface area contributed by atoms with Crippen LogP contribution in [0, 0.1) is 0 Å². The molecule has 3 aromatic rings. The first kappa shape index (κ1) is 25.1. The Kier molecular flexibility index (Phi) is 8.22. The van der Waals surface area contributed by atoms with E-state index in [1.54, 1.807) is 30.3 Å². The highest BCUT2D eigenvalue weighted by atomic mass is 79.9. The summed E-state index contributed by atoms with van der Waals surface area (Å²) in [5.74, 6) is 0.974. The molecule has 0 unspecified atom stereocenters. The molecule has 4 nitrogen and oxygen atoms in total. The number of rotatable bonds is 7. The van der Waals surface area contributed by atoms with Gasteiger partial charge >= 0.3 is 0 Å². The third kappa shape index (κ3) is 5.78. The monoisotopic (exact) mass is 593 g/mol. The molecule has 1 saturated heterocycles. The van der Waals surface area contributed by atoms with E-state index >= 15 is 0 Å². The highest BCUT2D eigenvalue weighted by Crippen LogP contribution is 2.40. The number of carbonyl (C=O) groups is 1. The van der Waals surface area contributed by atoms with Gasteiger partial charge in [0, 0.05) is 10.0 Å². The first-order chi connectivity index (χ1) is 16.4. The molecule has 0 spiro atoms. The number of hydrogen-bond acceptors (Lipinski definition) is 5. The normalized spacial score (nSPS) is 14.7. The van der Waals surface area contributed by atoms with Gasteiger partial charge in [0.1, 0.15) is 6.61 Å². The molecule has 3 aromatic carbocycles. The van der Waals surface area contributed by atoms with Crippen LogP contribution in [0.3, 0.4) is 0 Å². The number of anilines is 1. The van der Waals surface area contributed by atoms with Crippen molar-refractivity contribution in [3.63, 3.8) is 0 Å². The number of ether oxygens (including phenoxy) is 2. The summed E-state index contributed by atoms with van der Waals surface area (Å²) in [4.78, 5) is 15.1. The van der Waals surface area contributed by atoms with Crippen LogP contribution in [0.4, 0.5) is 5.69 Å². The Balaban J connectivity index is 1.59. The third-order valence-electron chi connectivity index (χ3n) is 4.80. The predicted molar refractivity (Wildman–Crippen MR) is 148 cm³/mol. The lowest BCUT2D eigenvalue weighted by atomic mass is 10.1. The molecule has 4 rings (SSSR count). The average molecular weight is 595 g/mol. The number of amides is 1. The number of benzene rings is 3. The molecule has 1 aliphatic heterocycles. The van der Waals surface area contributed by atoms with Crippen molar-refractivity contribution in [1.82, 2.24) is 0 Å². The van der Waals surface area contributed by atoms with Crippen molar-refractivity contribution in [3.05, 3.63) is 91.2 Å². The lowest BCUT2D eigenvalue weighted by molar-refractivity contribution is -0.113. The summed E-state index contributed by atoms with van der Waals surface area (Å²) in [5.41, 5.74) is 2.44. The van der Waals surface area contributed by atoms with Crippen LogP contribution in [0.5, 0.6) is 11.5 Å². The second-order valence-electron chi connectivity index (χ2n) is 7.17. The average Bonchev–Trinajstić information content (AvgIpc) is 3.08. The molecule has 34 heavy (non-hydrogen) atoms. The highest BCUT2D eigenvalue weighted by molar-refractivity contribution is 9.10. The molecule has 0 N–H and O–H groups in total. The molecule has 0 radical (unpaired) electrons. The van der Waals surface area contributed by atoms with Crippen LogP contribution in [0.2, 0.25) is 10.0 Å². The summed E-state index contributed by atoms with van der Waals surface area (Å²) in [6.07, 6.45) is 1.80. The molecule has 0 bridgehead atoms. The second-order valence-corrected chi connectivity index (χ2v) is 10.6. The van der Waals surface area contributed by atoms with E-state index in [2.05, 4.69) is 15.9 Å². The minimum atomic E-state index is -0.186. The van der Waals surface area contributed by atoms with Crippen molar-refractivity contribution in [3.8, 4) is 11.5 Å². The summed E-state index contributed by atoms with van der Waals surface area (Å²) < 4.78 is 13.1. The Morgan fingerprint density at radius 1 is 1.03 bits per heavy atom. The van der Waals surface area contributed by atoms with Crippen molar-refractivity contribution < 1.29 is 14.3 Å². The van der Waals surface area contributed by atoms with Gasteiger partial charge in [0.15, 0.2) is 15.8 Å². The topological polar surface area (TPSA) is 38.8 Å². The van der Waals surface area contributed by atoms with E-state index in [0.29, 0.717) is 54.1 Å². The molecule has 1 aliphatic rings. The molecular weight excluding hydrogens is 577 g/mol. The van der Waals surface area contributed by atoms with E-state index in [1.807, 2.05) is 43.3 Å². The van der Waals surface area contributed by atoms with Gasteiger partial charge in [0.05, 0.1) is 21.7 Å². The lowest BCUT2D eigenvalue weighted by Gasteiger charge is -2.15. The molecule has 0 aromatic heterocycles. The van der Waals surface area contributed by atoms with Crippen LogP contribution in [0.1, 0.15) is 18.1 Å². The molecule has 1 fully saturated rings. The zero-order chi connectivity index (χ0) is 24.2. The van der Waals surface area contributed by atoms with Gasteiger partial charge in [-0.3, -0.25) is 9.69 Å². The van der Waals surface area contributed by atoms with E-state index in [1.165, 1.54) is 16.7 Å². The number of hydrogen-bond donors (Lipinski definition) is 0. The fourth-order valence-corrected chi connectivity index (χ4v) is 5.37. The second kappa shape index (κ2) is 11.1. The molecular formula is C25H18BrCl2NO3S2. The number of halogens is 3. The van der Waals surface area contributed by atoms with Crippen molar-refractivity contribution in [1.29, 1.82) is 0 Å². The quantitative estimate of drug-likeness (QED) is 0.204. The maximum absolute atomic E-state index is 13.1. The van der Waals surface area contributed by atoms with Gasteiger partial charge in [-0.05, 0) is 88.6 Å². The van der Waals surface area contributed by atoms with E-state index in [4.69, 9.17) is 44.9 Å². The Hall–Kier alpha value is -2.03. The van der Waals surface area contributed by atoms with Gasteiger partial charge in [0.2, 0.25) is 0 Å². The number of carbonyl (C=O) groups excluding carboxylic acids is 1. The van der Waals surface area contributed by atoms with Crippen LogP contribution in [0.15, 0.2) is 70.0 Å². The summed E-state index contributed by atoms with van der Waals surface area (Å²) >= 11 is 22.2. The summed E-state index contributed by atoms with van der Waals surface area (Å²) in [5, 5.41) is 1.27. The maximum Gasteiger partial charge on any atom is 0.270 e. The molecule has 1 amide bonds. The Labute approximate surface area is 226 Å². The van der Waals surface area contributed by atoms with Crippen molar-refractivity contribution in [2.24, 2.45) is 0 Å². The Morgan fingerprint density at radius 2 is 1.68 bits per heavy atom. The highest BCUT2D eigenvalue weighted by Gasteiger charge is 2.33. The van der Waals surface area contributed by atoms with E-state index < -0.39 is 0 Å². The molecule has 0 atom stereocenters. The van der Waals surface area contributed by atoms with Crippen LogP contribution in [0.25, 0.3) is 6.08 Å². The lowest BCUT2D eigenvalue weighted by Crippen LogP contribution is -2.27. The zero-order valence-corrected chi connectivity index (χ0v) is 22.6. The minimum absolute atomic E-state index is 0.186. The van der Waals surface area contributed by atoms with Crippen molar-refractivity contribution in [2.75, 3.05) is 11.5 Å². The standard InChI is InChI=1S/C25H18BrCl2NO3S2/c1-2-31-21-12-16(11-20(26)23(21)32-14-15-3-5-17(27)6-4-15)13-22-24(30)29(25(33)34-22)19-9-7-18(28)8-10-19/h3-13H,2,14H2,1H3/b22-13-. The molecule has 174 valence electrons. The van der Waals surface area contributed by atoms with Crippen molar-refractivity contribution >= 4 is 85.1 Å². The van der Waals surface area contributed by atoms with Crippen LogP contribution >= 0.6 is 63.1 Å². The predicted octanol–water partition coefficient (Wildman–Crippen LogP) is 8.14. The maximum atomic E-state index is 13.1. The minimum Gasteiger partial charge on any atom is -0.490 e. The van der Waals surface area contributed by atoms with E-state index in [-0.39, 0.29) is 5.91 Å². The molecule has 1 heterocycles. The van der Waals surface area contributed by atoms with Gasteiger partial charge in [-0.2, -0.15) is 0 Å². The van der Waals surface area contributed by atoms with Gasteiger partial charge < -0.3 is 9.47 Å². The molecule has 0 aliphatic carbocycles. The van der Waals surface area contributed by atoms with Crippen LogP contribution in [-0.4, -0.2) is 16.8 Å². The summed E-state index contributed by atoms with van der Waals surface area (Å²) in [7, 11) is 0. The van der Waals surface area contributed by atoms with Gasteiger partial charge in [-0.1, -0.05) is 59.3 Å². The van der Waals surface area contributed by atoms with Gasteiger partial charge in [0.25, 0.3) is 5.91 Å². The SMILES string of the molecule is CCOc1cc(/C=C2\SC(=S)N(c3ccc(Cl)cc3)C2=O)cc(Br)c1OCc1ccc(Cl)cc1. The first-order valence-electron chi connectivity index (χ1n) is 10.2.